The number of hydrogen-bond donors (Lipinski definition) is 1. The molecule has 0 saturated carbocycles. The molecule has 2 aliphatic rings. The van der Waals surface area contributed by atoms with Crippen LogP contribution in [-0.2, 0) is 9.59 Å². The Hall–Kier alpha value is -0.900. The number of amides is 2. The van der Waals surface area contributed by atoms with Crippen molar-refractivity contribution in [2.45, 2.75) is 45.6 Å². The smallest absolute Gasteiger partial charge is 0.235 e. The van der Waals surface area contributed by atoms with Gasteiger partial charge in [0, 0.05) is 13.0 Å². The predicted octanol–water partition coefficient (Wildman–Crippen LogP) is 0.914. The minimum atomic E-state index is -0.497. The molecule has 0 bridgehead atoms. The highest BCUT2D eigenvalue weighted by molar-refractivity contribution is 6.05. The summed E-state index contributed by atoms with van der Waals surface area (Å²) in [6.07, 6.45) is 3.54. The average Bonchev–Trinajstić information content (AvgIpc) is 2.44. The standard InChI is InChI=1S/C12H20N2O2/c1-12(2)7-10(15)14(11(12)16)9-5-3-4-6-13-8-9/h9,13H,3-8H2,1-2H3. The first-order valence-electron chi connectivity index (χ1n) is 6.09. The normalized spacial score (nSPS) is 30.6. The Kier molecular flexibility index (Phi) is 3.02. The van der Waals surface area contributed by atoms with E-state index in [0.29, 0.717) is 6.42 Å². The van der Waals surface area contributed by atoms with Gasteiger partial charge in [0.2, 0.25) is 11.8 Å². The van der Waals surface area contributed by atoms with Gasteiger partial charge in [-0.1, -0.05) is 20.3 Å². The van der Waals surface area contributed by atoms with Crippen LogP contribution in [0.15, 0.2) is 0 Å². The van der Waals surface area contributed by atoms with Crippen molar-refractivity contribution in [3.8, 4) is 0 Å². The largest absolute Gasteiger partial charge is 0.315 e. The Morgan fingerprint density at radius 3 is 2.69 bits per heavy atom. The summed E-state index contributed by atoms with van der Waals surface area (Å²) in [4.78, 5) is 25.5. The number of carbonyl (C=O) groups excluding carboxylic acids is 2. The van der Waals surface area contributed by atoms with Crippen LogP contribution >= 0.6 is 0 Å². The molecule has 0 aromatic carbocycles. The molecule has 0 aromatic heterocycles. The summed E-state index contributed by atoms with van der Waals surface area (Å²) in [5, 5.41) is 3.30. The van der Waals surface area contributed by atoms with Crippen molar-refractivity contribution >= 4 is 11.8 Å². The zero-order valence-electron chi connectivity index (χ0n) is 10.1. The van der Waals surface area contributed by atoms with Crippen molar-refractivity contribution in [3.05, 3.63) is 0 Å². The van der Waals surface area contributed by atoms with Gasteiger partial charge in [-0.15, -0.1) is 0 Å². The highest BCUT2D eigenvalue weighted by atomic mass is 16.2. The second-order valence-electron chi connectivity index (χ2n) is 5.48. The van der Waals surface area contributed by atoms with E-state index in [2.05, 4.69) is 5.32 Å². The summed E-state index contributed by atoms with van der Waals surface area (Å²) in [7, 11) is 0. The molecule has 0 aliphatic carbocycles. The second kappa shape index (κ2) is 4.17. The van der Waals surface area contributed by atoms with Crippen LogP contribution in [0.4, 0.5) is 0 Å². The molecule has 4 heteroatoms. The zero-order chi connectivity index (χ0) is 11.8. The number of carbonyl (C=O) groups is 2. The van der Waals surface area contributed by atoms with Gasteiger partial charge in [0.05, 0.1) is 11.5 Å². The fourth-order valence-electron chi connectivity index (χ4n) is 2.57. The number of nitrogens with one attached hydrogen (secondary N) is 1. The maximum absolute atomic E-state index is 12.1. The maximum Gasteiger partial charge on any atom is 0.235 e. The summed E-state index contributed by atoms with van der Waals surface area (Å²) in [6, 6.07) is 0.0734. The van der Waals surface area contributed by atoms with E-state index in [1.165, 1.54) is 4.90 Å². The first-order chi connectivity index (χ1) is 7.52. The molecule has 1 atom stereocenters. The lowest BCUT2D eigenvalue weighted by Crippen LogP contribution is -2.45. The molecule has 90 valence electrons. The summed E-state index contributed by atoms with van der Waals surface area (Å²) < 4.78 is 0. The zero-order valence-corrected chi connectivity index (χ0v) is 10.1. The number of nitrogens with zero attached hydrogens (tertiary/aromatic N) is 1. The Balaban J connectivity index is 2.13. The highest BCUT2D eigenvalue weighted by Gasteiger charge is 2.47. The molecule has 2 amide bonds. The Morgan fingerprint density at radius 1 is 1.31 bits per heavy atom. The van der Waals surface area contributed by atoms with Gasteiger partial charge in [-0.2, -0.15) is 0 Å². The minimum absolute atomic E-state index is 0.00343. The molecular formula is C12H20N2O2. The molecule has 2 rings (SSSR count). The van der Waals surface area contributed by atoms with Crippen LogP contribution in [0.25, 0.3) is 0 Å². The van der Waals surface area contributed by atoms with Crippen LogP contribution in [0.5, 0.6) is 0 Å². The van der Waals surface area contributed by atoms with Crippen LogP contribution < -0.4 is 5.32 Å². The van der Waals surface area contributed by atoms with Gasteiger partial charge in [-0.25, -0.2) is 0 Å². The summed E-state index contributed by atoms with van der Waals surface area (Å²) in [6.45, 7) is 5.47. The van der Waals surface area contributed by atoms with Gasteiger partial charge < -0.3 is 5.32 Å². The average molecular weight is 224 g/mol. The fraction of sp³-hybridized carbons (Fsp3) is 0.833. The molecule has 1 N–H and O–H groups in total. The van der Waals surface area contributed by atoms with Crippen molar-refractivity contribution in [1.82, 2.24) is 10.2 Å². The van der Waals surface area contributed by atoms with Crippen LogP contribution in [0.1, 0.15) is 39.5 Å². The van der Waals surface area contributed by atoms with E-state index >= 15 is 0 Å². The first-order valence-corrected chi connectivity index (χ1v) is 6.09. The van der Waals surface area contributed by atoms with Crippen molar-refractivity contribution < 1.29 is 9.59 Å². The van der Waals surface area contributed by atoms with E-state index in [0.717, 1.165) is 32.4 Å². The molecule has 2 fully saturated rings. The van der Waals surface area contributed by atoms with Gasteiger partial charge in [0.25, 0.3) is 0 Å². The van der Waals surface area contributed by atoms with Crippen molar-refractivity contribution in [3.63, 3.8) is 0 Å². The molecule has 2 saturated heterocycles. The summed E-state index contributed by atoms with van der Waals surface area (Å²) >= 11 is 0. The highest BCUT2D eigenvalue weighted by Crippen LogP contribution is 2.33. The Morgan fingerprint density at radius 2 is 2.06 bits per heavy atom. The van der Waals surface area contributed by atoms with Crippen LogP contribution in [0.2, 0.25) is 0 Å². The van der Waals surface area contributed by atoms with E-state index in [1.807, 2.05) is 13.8 Å². The minimum Gasteiger partial charge on any atom is -0.315 e. The quantitative estimate of drug-likeness (QED) is 0.674. The number of hydrogen-bond acceptors (Lipinski definition) is 3. The molecule has 0 aromatic rings. The van der Waals surface area contributed by atoms with Crippen molar-refractivity contribution in [1.29, 1.82) is 0 Å². The fourth-order valence-corrected chi connectivity index (χ4v) is 2.57. The molecule has 16 heavy (non-hydrogen) atoms. The van der Waals surface area contributed by atoms with Gasteiger partial charge in [-0.05, 0) is 19.4 Å². The molecular weight excluding hydrogens is 204 g/mol. The van der Waals surface area contributed by atoms with Gasteiger partial charge in [0.1, 0.15) is 0 Å². The number of likely N-dealkylation sites (tertiary alicyclic amines) is 1. The second-order valence-corrected chi connectivity index (χ2v) is 5.48. The van der Waals surface area contributed by atoms with Crippen LogP contribution in [0.3, 0.4) is 0 Å². The molecule has 4 nitrogen and oxygen atoms in total. The summed E-state index contributed by atoms with van der Waals surface area (Å²) in [5.74, 6) is 0.00917. The monoisotopic (exact) mass is 224 g/mol. The lowest BCUT2D eigenvalue weighted by atomic mass is 9.92. The molecule has 2 aliphatic heterocycles. The van der Waals surface area contributed by atoms with Gasteiger partial charge in [0.15, 0.2) is 0 Å². The molecule has 0 radical (unpaired) electrons. The SMILES string of the molecule is CC1(C)CC(=O)N(C2CCCCNC2)C1=O. The first kappa shape index (κ1) is 11.6. The Bertz CT molecular complexity index is 304. The van der Waals surface area contributed by atoms with E-state index in [-0.39, 0.29) is 17.9 Å². The third kappa shape index (κ3) is 1.98. The van der Waals surface area contributed by atoms with Crippen molar-refractivity contribution in [2.75, 3.05) is 13.1 Å². The number of rotatable bonds is 1. The molecule has 1 unspecified atom stereocenters. The lowest BCUT2D eigenvalue weighted by Gasteiger charge is -2.26. The topological polar surface area (TPSA) is 49.4 Å². The third-order valence-electron chi connectivity index (χ3n) is 3.55. The van der Waals surface area contributed by atoms with Gasteiger partial charge >= 0.3 is 0 Å². The van der Waals surface area contributed by atoms with E-state index in [9.17, 15) is 9.59 Å². The van der Waals surface area contributed by atoms with Crippen LogP contribution in [-0.4, -0.2) is 35.8 Å². The number of imide groups is 1. The van der Waals surface area contributed by atoms with E-state index < -0.39 is 5.41 Å². The predicted molar refractivity (Wildman–Crippen MR) is 60.8 cm³/mol. The molecule has 0 spiro atoms. The Labute approximate surface area is 96.4 Å². The van der Waals surface area contributed by atoms with Crippen LogP contribution in [0, 0.1) is 5.41 Å². The van der Waals surface area contributed by atoms with Gasteiger partial charge in [-0.3, -0.25) is 14.5 Å². The van der Waals surface area contributed by atoms with E-state index in [4.69, 9.17) is 0 Å². The third-order valence-corrected chi connectivity index (χ3v) is 3.55. The summed E-state index contributed by atoms with van der Waals surface area (Å²) in [5.41, 5.74) is -0.497. The molecule has 2 heterocycles. The van der Waals surface area contributed by atoms with E-state index in [1.54, 1.807) is 0 Å². The lowest BCUT2D eigenvalue weighted by molar-refractivity contribution is -0.143. The van der Waals surface area contributed by atoms with Crippen molar-refractivity contribution in [2.24, 2.45) is 5.41 Å². The maximum atomic E-state index is 12.1.